The van der Waals surface area contributed by atoms with Gasteiger partial charge in [-0.05, 0) is 38.8 Å². The minimum Gasteiger partial charge on any atom is -0.464 e. The van der Waals surface area contributed by atoms with Crippen LogP contribution < -0.4 is 10.6 Å². The summed E-state index contributed by atoms with van der Waals surface area (Å²) in [7, 11) is 0. The molecule has 3 aromatic rings. The Bertz CT molecular complexity index is 1070. The number of aryl methyl sites for hydroxylation is 1. The van der Waals surface area contributed by atoms with Gasteiger partial charge in [-0.2, -0.15) is 0 Å². The molecule has 0 aliphatic carbocycles. The van der Waals surface area contributed by atoms with Crippen molar-refractivity contribution < 1.29 is 14.3 Å². The standard InChI is InChI=1S/C23H28N4O3.CH4/c1-14-20(17-4-3-16-5-10-29-19(16)11-17)26-18(12-28)22(25-14)27-8-6-23(7-9-27)13-30-15(2)21(23)24;/h3-5,10-11,15,21,28H,6-9,12-13,24H2,1-2H3;1H4/t15-,21+;/m0./s1. The highest BCUT2D eigenvalue weighted by Crippen LogP contribution is 2.42. The summed E-state index contributed by atoms with van der Waals surface area (Å²) in [6.45, 7) is 6.27. The summed E-state index contributed by atoms with van der Waals surface area (Å²) in [6.07, 6.45) is 3.71. The summed E-state index contributed by atoms with van der Waals surface area (Å²) in [5, 5.41) is 11.1. The molecule has 1 aromatic carbocycles. The van der Waals surface area contributed by atoms with Gasteiger partial charge in [-0.25, -0.2) is 9.97 Å². The number of aromatic nitrogens is 2. The van der Waals surface area contributed by atoms with Gasteiger partial charge in [0.25, 0.3) is 0 Å². The van der Waals surface area contributed by atoms with Crippen molar-refractivity contribution in [2.75, 3.05) is 24.6 Å². The molecule has 2 fully saturated rings. The Morgan fingerprint density at radius 3 is 2.68 bits per heavy atom. The first kappa shape index (κ1) is 21.7. The Morgan fingerprint density at radius 1 is 1.23 bits per heavy atom. The molecule has 3 N–H and O–H groups in total. The van der Waals surface area contributed by atoms with Crippen LogP contribution in [0.15, 0.2) is 34.9 Å². The Hall–Kier alpha value is -2.48. The van der Waals surface area contributed by atoms with Crippen LogP contribution in [0.4, 0.5) is 5.82 Å². The second kappa shape index (κ2) is 8.22. The molecule has 2 saturated heterocycles. The number of nitrogens with two attached hydrogens (primary N) is 1. The number of furan rings is 1. The third kappa shape index (κ3) is 3.60. The maximum absolute atomic E-state index is 10.0. The monoisotopic (exact) mass is 424 g/mol. The summed E-state index contributed by atoms with van der Waals surface area (Å²) in [4.78, 5) is 11.9. The summed E-state index contributed by atoms with van der Waals surface area (Å²) in [5.74, 6) is 0.771. The molecule has 5 rings (SSSR count). The van der Waals surface area contributed by atoms with Crippen molar-refractivity contribution in [2.24, 2.45) is 11.1 Å². The highest BCUT2D eigenvalue weighted by molar-refractivity contribution is 5.82. The van der Waals surface area contributed by atoms with E-state index in [0.717, 1.165) is 66.3 Å². The smallest absolute Gasteiger partial charge is 0.153 e. The molecule has 0 radical (unpaired) electrons. The lowest BCUT2D eigenvalue weighted by Gasteiger charge is -2.42. The van der Waals surface area contributed by atoms with E-state index in [1.54, 1.807) is 6.26 Å². The third-order valence-electron chi connectivity index (χ3n) is 6.91. The van der Waals surface area contributed by atoms with Crippen molar-refractivity contribution in [2.45, 2.75) is 52.9 Å². The van der Waals surface area contributed by atoms with Gasteiger partial charge >= 0.3 is 0 Å². The predicted molar refractivity (Wildman–Crippen MR) is 122 cm³/mol. The number of fused-ring (bicyclic) bond motifs is 1. The maximum atomic E-state index is 10.0. The Balaban J connectivity index is 0.00000231. The number of hydrogen-bond donors (Lipinski definition) is 2. The molecule has 0 unspecified atom stereocenters. The SMILES string of the molecule is C.Cc1nc(N2CCC3(CC2)CO[C@@H](C)[C@H]3N)c(CO)nc1-c1ccc2ccoc2c1. The number of ether oxygens (including phenoxy) is 1. The van der Waals surface area contributed by atoms with E-state index in [0.29, 0.717) is 5.69 Å². The highest BCUT2D eigenvalue weighted by atomic mass is 16.5. The zero-order valence-corrected chi connectivity index (χ0v) is 17.5. The first-order chi connectivity index (χ1) is 14.5. The van der Waals surface area contributed by atoms with Crippen molar-refractivity contribution in [1.82, 2.24) is 9.97 Å². The van der Waals surface area contributed by atoms with Gasteiger partial charge in [0.2, 0.25) is 0 Å². The van der Waals surface area contributed by atoms with Crippen molar-refractivity contribution in [1.29, 1.82) is 0 Å². The number of piperidine rings is 1. The maximum Gasteiger partial charge on any atom is 0.153 e. The molecular formula is C24H32N4O3. The fourth-order valence-electron chi connectivity index (χ4n) is 4.91. The van der Waals surface area contributed by atoms with Crippen LogP contribution in [0.1, 0.15) is 38.6 Å². The fraction of sp³-hybridized carbons (Fsp3) is 0.500. The molecule has 2 aliphatic heterocycles. The number of hydrogen-bond acceptors (Lipinski definition) is 7. The van der Waals surface area contributed by atoms with E-state index in [1.165, 1.54) is 0 Å². The predicted octanol–water partition coefficient (Wildman–Crippen LogP) is 3.66. The largest absolute Gasteiger partial charge is 0.464 e. The van der Waals surface area contributed by atoms with Gasteiger partial charge < -0.3 is 24.9 Å². The lowest BCUT2D eigenvalue weighted by atomic mass is 9.73. The van der Waals surface area contributed by atoms with Crippen molar-refractivity contribution in [3.8, 4) is 11.3 Å². The van der Waals surface area contributed by atoms with Crippen LogP contribution in [0.25, 0.3) is 22.2 Å². The van der Waals surface area contributed by atoms with Crippen LogP contribution in [0.3, 0.4) is 0 Å². The zero-order valence-electron chi connectivity index (χ0n) is 17.5. The summed E-state index contributed by atoms with van der Waals surface area (Å²) < 4.78 is 11.4. The number of benzene rings is 1. The zero-order chi connectivity index (χ0) is 20.9. The molecule has 2 atom stereocenters. The van der Waals surface area contributed by atoms with Crippen LogP contribution in [0, 0.1) is 12.3 Å². The van der Waals surface area contributed by atoms with Gasteiger partial charge in [-0.1, -0.05) is 19.6 Å². The molecule has 4 heterocycles. The minimum atomic E-state index is -0.153. The molecule has 1 spiro atoms. The molecule has 2 aromatic heterocycles. The topological polar surface area (TPSA) is 97.6 Å². The molecule has 166 valence electrons. The molecule has 7 heteroatoms. The van der Waals surface area contributed by atoms with E-state index in [9.17, 15) is 5.11 Å². The third-order valence-corrected chi connectivity index (χ3v) is 6.91. The Labute approximate surface area is 183 Å². The van der Waals surface area contributed by atoms with Gasteiger partial charge in [0.05, 0.1) is 37.0 Å². The van der Waals surface area contributed by atoms with Gasteiger partial charge in [-0.3, -0.25) is 0 Å². The van der Waals surface area contributed by atoms with Gasteiger partial charge in [0.15, 0.2) is 5.82 Å². The molecule has 0 bridgehead atoms. The van der Waals surface area contributed by atoms with E-state index in [2.05, 4.69) is 11.8 Å². The average Bonchev–Trinajstić information content (AvgIpc) is 3.34. The minimum absolute atomic E-state index is 0. The number of nitrogens with zero attached hydrogens (tertiary/aromatic N) is 3. The lowest BCUT2D eigenvalue weighted by Crippen LogP contribution is -2.51. The van der Waals surface area contributed by atoms with E-state index in [4.69, 9.17) is 24.9 Å². The van der Waals surface area contributed by atoms with Crippen LogP contribution in [-0.4, -0.2) is 46.9 Å². The first-order valence-electron chi connectivity index (χ1n) is 10.6. The van der Waals surface area contributed by atoms with E-state index in [1.807, 2.05) is 31.2 Å². The second-order valence-electron chi connectivity index (χ2n) is 8.65. The number of rotatable bonds is 3. The molecule has 7 nitrogen and oxygen atoms in total. The lowest BCUT2D eigenvalue weighted by molar-refractivity contribution is 0.0973. The van der Waals surface area contributed by atoms with Gasteiger partial charge in [0.1, 0.15) is 11.3 Å². The van der Waals surface area contributed by atoms with Crippen LogP contribution in [0.5, 0.6) is 0 Å². The first-order valence-corrected chi connectivity index (χ1v) is 10.6. The number of aliphatic hydroxyl groups is 1. The average molecular weight is 425 g/mol. The molecule has 0 saturated carbocycles. The van der Waals surface area contributed by atoms with Crippen molar-refractivity contribution >= 4 is 16.8 Å². The normalized spacial score (nSPS) is 22.8. The number of anilines is 1. The quantitative estimate of drug-likeness (QED) is 0.662. The molecular weight excluding hydrogens is 392 g/mol. The van der Waals surface area contributed by atoms with Crippen molar-refractivity contribution in [3.05, 3.63) is 41.9 Å². The van der Waals surface area contributed by atoms with Crippen LogP contribution in [0.2, 0.25) is 0 Å². The summed E-state index contributed by atoms with van der Waals surface area (Å²) in [6, 6.07) is 8.01. The summed E-state index contributed by atoms with van der Waals surface area (Å²) in [5.41, 5.74) is 10.5. The molecule has 31 heavy (non-hydrogen) atoms. The molecule has 0 amide bonds. The Morgan fingerprint density at radius 2 is 2.00 bits per heavy atom. The fourth-order valence-corrected chi connectivity index (χ4v) is 4.91. The molecule has 2 aliphatic rings. The van der Waals surface area contributed by atoms with Crippen molar-refractivity contribution in [3.63, 3.8) is 0 Å². The van der Waals surface area contributed by atoms with Gasteiger partial charge in [-0.15, -0.1) is 0 Å². The number of aliphatic hydroxyl groups excluding tert-OH is 1. The van der Waals surface area contributed by atoms with E-state index >= 15 is 0 Å². The second-order valence-corrected chi connectivity index (χ2v) is 8.65. The Kier molecular flexibility index (Phi) is 5.77. The summed E-state index contributed by atoms with van der Waals surface area (Å²) >= 11 is 0. The van der Waals surface area contributed by atoms with Crippen LogP contribution >= 0.6 is 0 Å². The van der Waals surface area contributed by atoms with Crippen LogP contribution in [-0.2, 0) is 11.3 Å². The van der Waals surface area contributed by atoms with Gasteiger partial charge in [0, 0.05) is 35.5 Å². The van der Waals surface area contributed by atoms with E-state index < -0.39 is 0 Å². The van der Waals surface area contributed by atoms with E-state index in [-0.39, 0.29) is 31.6 Å². The highest BCUT2D eigenvalue weighted by Gasteiger charge is 2.47.